The molecule has 4 aromatic rings. The van der Waals surface area contributed by atoms with Gasteiger partial charge in [0.1, 0.15) is 5.82 Å². The molecular formula is C28H29N5O2S. The maximum atomic E-state index is 12.6. The van der Waals surface area contributed by atoms with Gasteiger partial charge in [0.15, 0.2) is 0 Å². The van der Waals surface area contributed by atoms with E-state index in [0.717, 1.165) is 51.8 Å². The van der Waals surface area contributed by atoms with Crippen LogP contribution in [0.1, 0.15) is 19.5 Å². The first-order valence-electron chi connectivity index (χ1n) is 12.0. The molecule has 0 saturated carbocycles. The lowest BCUT2D eigenvalue weighted by molar-refractivity contribution is -0.115. The van der Waals surface area contributed by atoms with Gasteiger partial charge in [-0.25, -0.2) is 9.97 Å². The van der Waals surface area contributed by atoms with E-state index in [1.807, 2.05) is 66.9 Å². The van der Waals surface area contributed by atoms with Crippen molar-refractivity contribution in [2.45, 2.75) is 37.4 Å². The van der Waals surface area contributed by atoms with Crippen molar-refractivity contribution in [2.24, 2.45) is 0 Å². The van der Waals surface area contributed by atoms with E-state index in [-0.39, 0.29) is 24.5 Å². The Morgan fingerprint density at radius 3 is 2.53 bits per heavy atom. The summed E-state index contributed by atoms with van der Waals surface area (Å²) in [7, 11) is 0. The van der Waals surface area contributed by atoms with Crippen LogP contribution in [-0.4, -0.2) is 52.4 Å². The number of benzene rings is 1. The Balaban J connectivity index is 1.34. The summed E-state index contributed by atoms with van der Waals surface area (Å²) in [6, 6.07) is 19.7. The number of nitrogens with zero attached hydrogens (tertiary/aromatic N) is 4. The number of anilines is 2. The normalized spacial score (nSPS) is 17.8. The van der Waals surface area contributed by atoms with E-state index in [2.05, 4.69) is 29.0 Å². The van der Waals surface area contributed by atoms with Crippen LogP contribution in [0, 0.1) is 0 Å². The number of carbonyl (C=O) groups excluding carboxylic acids is 1. The highest BCUT2D eigenvalue weighted by atomic mass is 32.2. The van der Waals surface area contributed by atoms with Gasteiger partial charge in [-0.15, -0.1) is 11.8 Å². The molecule has 2 unspecified atom stereocenters. The number of hydrogen-bond donors (Lipinski definition) is 1. The first-order valence-corrected chi connectivity index (χ1v) is 13.3. The molecule has 1 fully saturated rings. The molecule has 0 aliphatic carbocycles. The molecule has 0 bridgehead atoms. The molecule has 4 heterocycles. The van der Waals surface area contributed by atoms with Crippen LogP contribution in [0.25, 0.3) is 22.3 Å². The molecule has 1 aliphatic rings. The number of fused-ring (bicyclic) bond motifs is 1. The Hall–Kier alpha value is -3.49. The van der Waals surface area contributed by atoms with Crippen molar-refractivity contribution in [2.75, 3.05) is 29.6 Å². The Labute approximate surface area is 215 Å². The number of ether oxygens (including phenoxy) is 1. The molecule has 2 atom stereocenters. The minimum atomic E-state index is -0.113. The van der Waals surface area contributed by atoms with Gasteiger partial charge in [0.05, 0.1) is 41.2 Å². The number of thioether (sulfide) groups is 1. The van der Waals surface area contributed by atoms with Crippen LogP contribution in [-0.2, 0) is 16.0 Å². The summed E-state index contributed by atoms with van der Waals surface area (Å²) >= 11 is 1.67. The van der Waals surface area contributed by atoms with Gasteiger partial charge >= 0.3 is 0 Å². The second kappa shape index (κ2) is 10.6. The van der Waals surface area contributed by atoms with E-state index in [0.29, 0.717) is 5.69 Å². The summed E-state index contributed by atoms with van der Waals surface area (Å²) in [6.07, 6.45) is 4.29. The fraction of sp³-hybridized carbons (Fsp3) is 0.286. The van der Waals surface area contributed by atoms with Crippen molar-refractivity contribution in [3.8, 4) is 11.4 Å². The zero-order valence-electron chi connectivity index (χ0n) is 20.6. The second-order valence-corrected chi connectivity index (χ2v) is 9.94. The average molecular weight is 500 g/mol. The number of rotatable bonds is 6. The summed E-state index contributed by atoms with van der Waals surface area (Å²) in [6.45, 7) is 5.80. The largest absolute Gasteiger partial charge is 0.372 e. The van der Waals surface area contributed by atoms with E-state index < -0.39 is 0 Å². The molecule has 0 spiro atoms. The van der Waals surface area contributed by atoms with Gasteiger partial charge in [0, 0.05) is 35.3 Å². The van der Waals surface area contributed by atoms with Gasteiger partial charge in [-0.1, -0.05) is 6.07 Å². The summed E-state index contributed by atoms with van der Waals surface area (Å²) in [5, 5.41) is 3.86. The number of pyridine rings is 3. The molecule has 0 radical (unpaired) electrons. The SMILES string of the molecule is CSc1ccc(NC(=O)Cc2cc3nc(-c4cccc(N5CC(C)OC(C)C5)n4)ccc3cn2)cc1. The van der Waals surface area contributed by atoms with Gasteiger partial charge in [-0.3, -0.25) is 9.78 Å². The van der Waals surface area contributed by atoms with Gasteiger partial charge in [-0.05, 0) is 74.7 Å². The second-order valence-electron chi connectivity index (χ2n) is 9.06. The lowest BCUT2D eigenvalue weighted by Gasteiger charge is -2.36. The van der Waals surface area contributed by atoms with E-state index >= 15 is 0 Å². The first-order chi connectivity index (χ1) is 17.5. The number of nitrogens with one attached hydrogen (secondary N) is 1. The Kier molecular flexibility index (Phi) is 7.16. The van der Waals surface area contributed by atoms with E-state index in [9.17, 15) is 4.79 Å². The third-order valence-electron chi connectivity index (χ3n) is 6.09. The Morgan fingerprint density at radius 1 is 1.03 bits per heavy atom. The van der Waals surface area contributed by atoms with Gasteiger partial charge in [0.2, 0.25) is 5.91 Å². The minimum absolute atomic E-state index is 0.113. The number of morpholine rings is 1. The van der Waals surface area contributed by atoms with Crippen molar-refractivity contribution in [3.63, 3.8) is 0 Å². The summed E-state index contributed by atoms with van der Waals surface area (Å²) in [5.74, 6) is 0.812. The number of aromatic nitrogens is 3. The predicted octanol–water partition coefficient (Wildman–Crippen LogP) is 5.21. The highest BCUT2D eigenvalue weighted by molar-refractivity contribution is 7.98. The molecule has 184 valence electrons. The van der Waals surface area contributed by atoms with E-state index in [4.69, 9.17) is 14.7 Å². The fourth-order valence-corrected chi connectivity index (χ4v) is 4.86. The van der Waals surface area contributed by atoms with Crippen molar-refractivity contribution in [1.82, 2.24) is 15.0 Å². The molecule has 5 rings (SSSR count). The van der Waals surface area contributed by atoms with Crippen LogP contribution >= 0.6 is 11.8 Å². The van der Waals surface area contributed by atoms with Crippen LogP contribution in [0.15, 0.2) is 71.8 Å². The lowest BCUT2D eigenvalue weighted by atomic mass is 10.1. The third-order valence-corrected chi connectivity index (χ3v) is 6.83. The van der Waals surface area contributed by atoms with E-state index in [1.165, 1.54) is 0 Å². The van der Waals surface area contributed by atoms with Crippen LogP contribution in [0.2, 0.25) is 0 Å². The quantitative estimate of drug-likeness (QED) is 0.365. The van der Waals surface area contributed by atoms with Gasteiger partial charge in [0.25, 0.3) is 0 Å². The van der Waals surface area contributed by atoms with Crippen molar-refractivity contribution in [3.05, 3.63) is 72.6 Å². The van der Waals surface area contributed by atoms with Crippen LogP contribution < -0.4 is 10.2 Å². The Morgan fingerprint density at radius 2 is 1.78 bits per heavy atom. The standard InChI is InChI=1S/C28H29N5O2S/c1-18-16-33(17-19(2)35-18)27-6-4-5-24(32-27)25-12-7-20-15-29-22(13-26(20)31-25)14-28(34)30-21-8-10-23(36-3)11-9-21/h4-13,15,18-19H,14,16-17H2,1-3H3,(H,30,34). The van der Waals surface area contributed by atoms with Crippen molar-refractivity contribution < 1.29 is 9.53 Å². The van der Waals surface area contributed by atoms with E-state index in [1.54, 1.807) is 18.0 Å². The highest BCUT2D eigenvalue weighted by Gasteiger charge is 2.23. The topological polar surface area (TPSA) is 80.2 Å². The highest BCUT2D eigenvalue weighted by Crippen LogP contribution is 2.24. The molecule has 1 N–H and O–H groups in total. The predicted molar refractivity (Wildman–Crippen MR) is 146 cm³/mol. The molecule has 36 heavy (non-hydrogen) atoms. The molecule has 1 saturated heterocycles. The monoisotopic (exact) mass is 499 g/mol. The summed E-state index contributed by atoms with van der Waals surface area (Å²) < 4.78 is 5.87. The summed E-state index contributed by atoms with van der Waals surface area (Å²) in [4.78, 5) is 30.2. The Bertz CT molecular complexity index is 1370. The fourth-order valence-electron chi connectivity index (χ4n) is 4.45. The maximum absolute atomic E-state index is 12.6. The average Bonchev–Trinajstić information content (AvgIpc) is 2.88. The third kappa shape index (κ3) is 5.66. The summed E-state index contributed by atoms with van der Waals surface area (Å²) in [5.41, 5.74) is 3.83. The molecule has 1 aliphatic heterocycles. The number of carbonyl (C=O) groups is 1. The van der Waals surface area contributed by atoms with Crippen molar-refractivity contribution >= 4 is 40.1 Å². The number of amides is 1. The zero-order chi connectivity index (χ0) is 25.1. The zero-order valence-corrected chi connectivity index (χ0v) is 21.5. The maximum Gasteiger partial charge on any atom is 0.230 e. The number of hydrogen-bond acceptors (Lipinski definition) is 7. The van der Waals surface area contributed by atoms with Crippen LogP contribution in [0.3, 0.4) is 0 Å². The first kappa shape index (κ1) is 24.2. The molecule has 7 nitrogen and oxygen atoms in total. The smallest absolute Gasteiger partial charge is 0.230 e. The lowest BCUT2D eigenvalue weighted by Crippen LogP contribution is -2.45. The molecule has 3 aromatic heterocycles. The van der Waals surface area contributed by atoms with Gasteiger partial charge < -0.3 is 15.0 Å². The van der Waals surface area contributed by atoms with Crippen molar-refractivity contribution in [1.29, 1.82) is 0 Å². The molecule has 1 aromatic carbocycles. The van der Waals surface area contributed by atoms with Gasteiger partial charge in [-0.2, -0.15) is 0 Å². The molecule has 1 amide bonds. The van der Waals surface area contributed by atoms with Crippen LogP contribution in [0.5, 0.6) is 0 Å². The van der Waals surface area contributed by atoms with Crippen LogP contribution in [0.4, 0.5) is 11.5 Å². The molecular weight excluding hydrogens is 470 g/mol. The molecule has 8 heteroatoms. The minimum Gasteiger partial charge on any atom is -0.372 e.